The summed E-state index contributed by atoms with van der Waals surface area (Å²) in [6, 6.07) is 8.33. The Morgan fingerprint density at radius 1 is 1.22 bits per heavy atom. The minimum Gasteiger partial charge on any atom is -0.481 e. The number of benzene rings is 1. The summed E-state index contributed by atoms with van der Waals surface area (Å²) >= 11 is 0. The first-order valence-corrected chi connectivity index (χ1v) is 11.7. The number of carbonyl (C=O) groups is 1. The van der Waals surface area contributed by atoms with Crippen LogP contribution in [0.1, 0.15) is 12.2 Å². The molecule has 1 N–H and O–H groups in total. The van der Waals surface area contributed by atoms with Gasteiger partial charge in [-0.15, -0.1) is 0 Å². The van der Waals surface area contributed by atoms with E-state index in [0.717, 1.165) is 5.52 Å². The number of ether oxygens (including phenoxy) is 2. The van der Waals surface area contributed by atoms with Crippen LogP contribution < -0.4 is 10.1 Å². The van der Waals surface area contributed by atoms with Crippen LogP contribution in [0.25, 0.3) is 11.0 Å². The number of imidazole rings is 1. The molecule has 11 heteroatoms. The third-order valence-electron chi connectivity index (χ3n) is 5.36. The molecule has 1 aliphatic heterocycles. The Hall–Kier alpha value is -3.02. The van der Waals surface area contributed by atoms with Gasteiger partial charge >= 0.3 is 0 Å². The summed E-state index contributed by atoms with van der Waals surface area (Å²) < 4.78 is 39.4. The van der Waals surface area contributed by atoms with Crippen LogP contribution in [0.4, 0.5) is 5.69 Å². The van der Waals surface area contributed by atoms with Crippen molar-refractivity contribution in [3.8, 4) is 5.88 Å². The Bertz CT molecular complexity index is 1220. The van der Waals surface area contributed by atoms with Crippen molar-refractivity contribution in [3.63, 3.8) is 0 Å². The first-order valence-electron chi connectivity index (χ1n) is 10.2. The summed E-state index contributed by atoms with van der Waals surface area (Å²) in [5.74, 6) is 1.00. The van der Waals surface area contributed by atoms with Gasteiger partial charge in [-0.1, -0.05) is 0 Å². The quantitative estimate of drug-likeness (QED) is 0.570. The van der Waals surface area contributed by atoms with Gasteiger partial charge in [-0.25, -0.2) is 18.4 Å². The van der Waals surface area contributed by atoms with Crippen LogP contribution in [-0.4, -0.2) is 66.6 Å². The van der Waals surface area contributed by atoms with Crippen LogP contribution in [0.3, 0.4) is 0 Å². The van der Waals surface area contributed by atoms with E-state index >= 15 is 0 Å². The number of rotatable bonds is 7. The molecule has 0 saturated carbocycles. The number of aryl methyl sites for hydroxylation is 2. The number of methoxy groups -OCH3 is 1. The summed E-state index contributed by atoms with van der Waals surface area (Å²) in [5.41, 5.74) is 1.97. The van der Waals surface area contributed by atoms with Crippen molar-refractivity contribution in [1.29, 1.82) is 0 Å². The fraction of sp³-hybridized carbons (Fsp3) is 0.381. The third kappa shape index (κ3) is 4.59. The normalized spacial score (nSPS) is 15.1. The molecule has 0 radical (unpaired) electrons. The summed E-state index contributed by atoms with van der Waals surface area (Å²) in [7, 11) is -0.218. The fourth-order valence-corrected chi connectivity index (χ4v) is 5.00. The van der Waals surface area contributed by atoms with Gasteiger partial charge in [0.15, 0.2) is 0 Å². The van der Waals surface area contributed by atoms with Crippen molar-refractivity contribution >= 4 is 32.7 Å². The molecule has 3 aromatic rings. The molecular weight excluding hydrogens is 434 g/mol. The van der Waals surface area contributed by atoms with Gasteiger partial charge in [0.1, 0.15) is 5.82 Å². The molecular formula is C21H25N5O5S. The first-order chi connectivity index (χ1) is 15.4. The Labute approximate surface area is 186 Å². The van der Waals surface area contributed by atoms with E-state index in [1.807, 2.05) is 11.6 Å². The highest BCUT2D eigenvalue weighted by atomic mass is 32.2. The van der Waals surface area contributed by atoms with Crippen molar-refractivity contribution in [1.82, 2.24) is 18.8 Å². The molecule has 3 heterocycles. The highest BCUT2D eigenvalue weighted by Gasteiger charge is 2.27. The van der Waals surface area contributed by atoms with E-state index < -0.39 is 10.0 Å². The number of pyridine rings is 1. The molecule has 0 aliphatic carbocycles. The predicted molar refractivity (Wildman–Crippen MR) is 118 cm³/mol. The molecule has 10 nitrogen and oxygen atoms in total. The lowest BCUT2D eigenvalue weighted by Gasteiger charge is -2.26. The number of nitrogens with one attached hydrogen (secondary N) is 1. The maximum atomic E-state index is 12.9. The Morgan fingerprint density at radius 2 is 2.00 bits per heavy atom. The van der Waals surface area contributed by atoms with Crippen LogP contribution in [0, 0.1) is 0 Å². The molecule has 0 spiro atoms. The van der Waals surface area contributed by atoms with Gasteiger partial charge in [0.25, 0.3) is 0 Å². The molecule has 0 unspecified atom stereocenters. The van der Waals surface area contributed by atoms with Gasteiger partial charge in [-0.2, -0.15) is 4.31 Å². The summed E-state index contributed by atoms with van der Waals surface area (Å²) in [6.45, 7) is 1.47. The lowest BCUT2D eigenvalue weighted by molar-refractivity contribution is -0.116. The Balaban J connectivity index is 1.46. The summed E-state index contributed by atoms with van der Waals surface area (Å²) in [5, 5.41) is 2.79. The zero-order valence-electron chi connectivity index (χ0n) is 17.9. The van der Waals surface area contributed by atoms with Crippen LogP contribution >= 0.6 is 0 Å². The van der Waals surface area contributed by atoms with E-state index in [0.29, 0.717) is 55.6 Å². The first kappa shape index (κ1) is 22.2. The van der Waals surface area contributed by atoms with Gasteiger partial charge in [0, 0.05) is 39.0 Å². The molecule has 1 fully saturated rings. The van der Waals surface area contributed by atoms with Crippen LogP contribution in [0.2, 0.25) is 0 Å². The number of morpholine rings is 1. The SMILES string of the molecule is COc1ccc(NC(=O)CCc2nc3cc(S(=O)(=O)N4CCOCC4)ccc3n2C)cn1. The molecule has 0 atom stereocenters. The average Bonchev–Trinajstić information content (AvgIpc) is 3.13. The predicted octanol–water partition coefficient (Wildman–Crippen LogP) is 1.57. The maximum Gasteiger partial charge on any atom is 0.243 e. The molecule has 0 bridgehead atoms. The van der Waals surface area contributed by atoms with Gasteiger partial charge in [-0.05, 0) is 24.3 Å². The minimum absolute atomic E-state index is 0.167. The van der Waals surface area contributed by atoms with Crippen molar-refractivity contribution in [3.05, 3.63) is 42.4 Å². The van der Waals surface area contributed by atoms with Crippen molar-refractivity contribution in [2.75, 3.05) is 38.7 Å². The number of nitrogens with zero attached hydrogens (tertiary/aromatic N) is 4. The molecule has 1 saturated heterocycles. The second kappa shape index (κ2) is 9.23. The maximum absolute atomic E-state index is 12.9. The van der Waals surface area contributed by atoms with Gasteiger partial charge in [-0.3, -0.25) is 4.79 Å². The van der Waals surface area contributed by atoms with Crippen LogP contribution in [-0.2, 0) is 33.0 Å². The third-order valence-corrected chi connectivity index (χ3v) is 7.25. The van der Waals surface area contributed by atoms with Gasteiger partial charge < -0.3 is 19.4 Å². The topological polar surface area (TPSA) is 116 Å². The van der Waals surface area contributed by atoms with Crippen molar-refractivity contribution in [2.24, 2.45) is 7.05 Å². The minimum atomic E-state index is -3.60. The molecule has 170 valence electrons. The molecule has 32 heavy (non-hydrogen) atoms. The number of hydrogen-bond donors (Lipinski definition) is 1. The standard InChI is InChI=1S/C21H25N5O5S/c1-25-18-5-4-16(32(28,29)26-9-11-31-12-10-26)13-17(18)24-19(25)6-7-20(27)23-15-3-8-21(30-2)22-14-15/h3-5,8,13-14H,6-7,9-12H2,1-2H3,(H,23,27). The molecule has 2 aromatic heterocycles. The number of fused-ring (bicyclic) bond motifs is 1. The molecule has 1 aliphatic rings. The number of sulfonamides is 1. The largest absolute Gasteiger partial charge is 0.481 e. The number of amides is 1. The zero-order valence-corrected chi connectivity index (χ0v) is 18.8. The number of hydrogen-bond acceptors (Lipinski definition) is 7. The monoisotopic (exact) mass is 459 g/mol. The van der Waals surface area contributed by atoms with E-state index in [2.05, 4.69) is 15.3 Å². The molecule has 1 amide bonds. The summed E-state index contributed by atoms with van der Waals surface area (Å²) in [4.78, 5) is 21.2. The average molecular weight is 460 g/mol. The van der Waals surface area contributed by atoms with Crippen LogP contribution in [0.15, 0.2) is 41.4 Å². The van der Waals surface area contributed by atoms with Crippen LogP contribution in [0.5, 0.6) is 5.88 Å². The smallest absolute Gasteiger partial charge is 0.243 e. The van der Waals surface area contributed by atoms with Gasteiger partial charge in [0.05, 0.1) is 48.1 Å². The molecule has 1 aromatic carbocycles. The highest BCUT2D eigenvalue weighted by Crippen LogP contribution is 2.23. The van der Waals surface area contributed by atoms with E-state index in [4.69, 9.17) is 9.47 Å². The van der Waals surface area contributed by atoms with E-state index in [-0.39, 0.29) is 17.2 Å². The molecule has 4 rings (SSSR count). The Morgan fingerprint density at radius 3 is 2.69 bits per heavy atom. The fourth-order valence-electron chi connectivity index (χ4n) is 3.57. The number of anilines is 1. The zero-order chi connectivity index (χ0) is 22.7. The lowest BCUT2D eigenvalue weighted by atomic mass is 10.2. The van der Waals surface area contributed by atoms with Gasteiger partial charge in [0.2, 0.25) is 21.8 Å². The number of aromatic nitrogens is 3. The van der Waals surface area contributed by atoms with Crippen molar-refractivity contribution < 1.29 is 22.7 Å². The van der Waals surface area contributed by atoms with E-state index in [1.165, 1.54) is 17.6 Å². The van der Waals surface area contributed by atoms with E-state index in [1.54, 1.807) is 30.3 Å². The second-order valence-corrected chi connectivity index (χ2v) is 9.33. The lowest BCUT2D eigenvalue weighted by Crippen LogP contribution is -2.40. The summed E-state index contributed by atoms with van der Waals surface area (Å²) in [6.07, 6.45) is 2.16. The highest BCUT2D eigenvalue weighted by molar-refractivity contribution is 7.89. The Kier molecular flexibility index (Phi) is 6.40. The second-order valence-electron chi connectivity index (χ2n) is 7.39. The van der Waals surface area contributed by atoms with Crippen molar-refractivity contribution in [2.45, 2.75) is 17.7 Å². The van der Waals surface area contributed by atoms with E-state index in [9.17, 15) is 13.2 Å². The number of carbonyl (C=O) groups excluding carboxylic acids is 1.